The van der Waals surface area contributed by atoms with Gasteiger partial charge in [0.2, 0.25) is 0 Å². The first-order valence-electron chi connectivity index (χ1n) is 8.46. The first-order valence-corrected chi connectivity index (χ1v) is 8.46. The van der Waals surface area contributed by atoms with Crippen molar-refractivity contribution in [3.05, 3.63) is 12.2 Å². The molecule has 18 heavy (non-hydrogen) atoms. The number of fused-ring (bicyclic) bond motifs is 5. The summed E-state index contributed by atoms with van der Waals surface area (Å²) in [6.07, 6.45) is 18.8. The van der Waals surface area contributed by atoms with Gasteiger partial charge in [0.25, 0.3) is 0 Å². The number of hydrogen-bond donors (Lipinski definition) is 0. The SMILES string of the molecule is C[C@]12C=CC[C@H]1[C@@H]1CCC3CCCC[C@@H]3[C@H]1CC2. The maximum atomic E-state index is 2.57. The summed E-state index contributed by atoms with van der Waals surface area (Å²) in [7, 11) is 0. The van der Waals surface area contributed by atoms with E-state index in [1.54, 1.807) is 32.1 Å². The van der Waals surface area contributed by atoms with Crippen molar-refractivity contribution in [1.29, 1.82) is 0 Å². The minimum absolute atomic E-state index is 0.586. The molecule has 0 heterocycles. The highest BCUT2D eigenvalue weighted by atomic mass is 14.6. The predicted molar refractivity (Wildman–Crippen MR) is 76.3 cm³/mol. The molecule has 0 radical (unpaired) electrons. The Hall–Kier alpha value is -0.260. The van der Waals surface area contributed by atoms with E-state index < -0.39 is 0 Å². The van der Waals surface area contributed by atoms with Crippen LogP contribution in [0.1, 0.15) is 64.7 Å². The Morgan fingerprint density at radius 3 is 2.72 bits per heavy atom. The molecular weight excluding hydrogens is 216 g/mol. The number of rotatable bonds is 0. The van der Waals surface area contributed by atoms with Gasteiger partial charge in [0, 0.05) is 0 Å². The van der Waals surface area contributed by atoms with Crippen LogP contribution in [0.2, 0.25) is 0 Å². The van der Waals surface area contributed by atoms with Gasteiger partial charge in [0.1, 0.15) is 0 Å². The largest absolute Gasteiger partial charge is 0.0877 e. The van der Waals surface area contributed by atoms with Crippen LogP contribution in [0.5, 0.6) is 0 Å². The molecule has 4 aliphatic rings. The van der Waals surface area contributed by atoms with E-state index in [0.29, 0.717) is 5.41 Å². The van der Waals surface area contributed by atoms with Gasteiger partial charge in [-0.15, -0.1) is 0 Å². The first kappa shape index (κ1) is 11.6. The fourth-order valence-corrected chi connectivity index (χ4v) is 6.31. The summed E-state index contributed by atoms with van der Waals surface area (Å²) in [5.74, 6) is 5.46. The smallest absolute Gasteiger partial charge is 0.0112 e. The maximum absolute atomic E-state index is 2.57. The van der Waals surface area contributed by atoms with Crippen LogP contribution in [0.3, 0.4) is 0 Å². The zero-order chi connectivity index (χ0) is 12.2. The van der Waals surface area contributed by atoms with Crippen molar-refractivity contribution in [2.45, 2.75) is 64.7 Å². The lowest BCUT2D eigenvalue weighted by molar-refractivity contribution is -0.0399. The van der Waals surface area contributed by atoms with Crippen molar-refractivity contribution in [1.82, 2.24) is 0 Å². The summed E-state index contributed by atoms with van der Waals surface area (Å²) in [5, 5.41) is 0. The van der Waals surface area contributed by atoms with Crippen LogP contribution < -0.4 is 0 Å². The van der Waals surface area contributed by atoms with Gasteiger partial charge in [-0.1, -0.05) is 38.3 Å². The summed E-state index contributed by atoms with van der Waals surface area (Å²) in [5.41, 5.74) is 0.586. The van der Waals surface area contributed by atoms with Crippen LogP contribution in [-0.2, 0) is 0 Å². The Kier molecular flexibility index (Phi) is 2.64. The van der Waals surface area contributed by atoms with E-state index in [1.807, 2.05) is 0 Å². The molecule has 1 unspecified atom stereocenters. The molecule has 0 N–H and O–H groups in total. The third kappa shape index (κ3) is 1.57. The predicted octanol–water partition coefficient (Wildman–Crippen LogP) is 5.20. The lowest BCUT2D eigenvalue weighted by Gasteiger charge is -2.54. The highest BCUT2D eigenvalue weighted by Gasteiger charge is 2.51. The molecule has 4 aliphatic carbocycles. The molecule has 3 saturated carbocycles. The molecule has 6 atom stereocenters. The van der Waals surface area contributed by atoms with Crippen LogP contribution in [0.4, 0.5) is 0 Å². The van der Waals surface area contributed by atoms with Crippen LogP contribution >= 0.6 is 0 Å². The first-order chi connectivity index (χ1) is 8.78. The highest BCUT2D eigenvalue weighted by molar-refractivity contribution is 5.14. The lowest BCUT2D eigenvalue weighted by atomic mass is 9.51. The maximum Gasteiger partial charge on any atom is -0.0112 e. The molecule has 0 aliphatic heterocycles. The Balaban J connectivity index is 1.59. The second-order valence-electron chi connectivity index (χ2n) is 7.90. The molecule has 100 valence electrons. The lowest BCUT2D eigenvalue weighted by Crippen LogP contribution is -2.46. The average Bonchev–Trinajstić information content (AvgIpc) is 2.80. The standard InChI is InChI=1S/C18H28/c1-18-11-4-7-17(18)16-9-8-13-5-2-3-6-14(13)15(16)10-12-18/h4,11,13-17H,2-3,5-10,12H2,1H3/t13?,14-,15+,16+,17-,18+/m0/s1. The van der Waals surface area contributed by atoms with Crippen molar-refractivity contribution in [2.24, 2.45) is 35.0 Å². The molecular formula is C18H28. The van der Waals surface area contributed by atoms with E-state index in [2.05, 4.69) is 19.1 Å². The third-order valence-electron chi connectivity index (χ3n) is 7.21. The Bertz CT molecular complexity index is 355. The summed E-state index contributed by atoms with van der Waals surface area (Å²) in [6, 6.07) is 0. The van der Waals surface area contributed by atoms with Gasteiger partial charge < -0.3 is 0 Å². The number of allylic oxidation sites excluding steroid dienone is 2. The quantitative estimate of drug-likeness (QED) is 0.514. The molecule has 0 nitrogen and oxygen atoms in total. The molecule has 0 aromatic rings. The monoisotopic (exact) mass is 244 g/mol. The molecule has 3 fully saturated rings. The van der Waals surface area contributed by atoms with E-state index in [-0.39, 0.29) is 0 Å². The summed E-state index contributed by atoms with van der Waals surface area (Å²) < 4.78 is 0. The zero-order valence-corrected chi connectivity index (χ0v) is 11.9. The second kappa shape index (κ2) is 4.12. The van der Waals surface area contributed by atoms with Gasteiger partial charge in [0.05, 0.1) is 0 Å². The van der Waals surface area contributed by atoms with Crippen molar-refractivity contribution < 1.29 is 0 Å². The zero-order valence-electron chi connectivity index (χ0n) is 11.9. The third-order valence-corrected chi connectivity index (χ3v) is 7.21. The van der Waals surface area contributed by atoms with Crippen LogP contribution in [0.25, 0.3) is 0 Å². The van der Waals surface area contributed by atoms with Gasteiger partial charge in [-0.25, -0.2) is 0 Å². The van der Waals surface area contributed by atoms with Gasteiger partial charge in [-0.05, 0) is 73.5 Å². The molecule has 0 heteroatoms. The van der Waals surface area contributed by atoms with Gasteiger partial charge in [0.15, 0.2) is 0 Å². The Morgan fingerprint density at radius 2 is 1.78 bits per heavy atom. The highest BCUT2D eigenvalue weighted by Crippen LogP contribution is 2.60. The Morgan fingerprint density at radius 1 is 0.889 bits per heavy atom. The second-order valence-corrected chi connectivity index (χ2v) is 7.90. The van der Waals surface area contributed by atoms with E-state index >= 15 is 0 Å². The molecule has 0 saturated heterocycles. The molecule has 4 rings (SSSR count). The van der Waals surface area contributed by atoms with Crippen LogP contribution in [0.15, 0.2) is 12.2 Å². The van der Waals surface area contributed by atoms with E-state index in [1.165, 1.54) is 25.7 Å². The Labute approximate surface area is 112 Å². The average molecular weight is 244 g/mol. The molecule has 0 aromatic carbocycles. The van der Waals surface area contributed by atoms with E-state index in [9.17, 15) is 0 Å². The van der Waals surface area contributed by atoms with Crippen LogP contribution in [0, 0.1) is 35.0 Å². The molecule has 0 bridgehead atoms. The van der Waals surface area contributed by atoms with Crippen molar-refractivity contribution in [2.75, 3.05) is 0 Å². The summed E-state index contributed by atoms with van der Waals surface area (Å²) >= 11 is 0. The molecule has 0 spiro atoms. The van der Waals surface area contributed by atoms with Gasteiger partial charge in [-0.2, -0.15) is 0 Å². The number of hydrogen-bond acceptors (Lipinski definition) is 0. The summed E-state index contributed by atoms with van der Waals surface area (Å²) in [4.78, 5) is 0. The fraction of sp³-hybridized carbons (Fsp3) is 0.889. The van der Waals surface area contributed by atoms with Crippen LogP contribution in [-0.4, -0.2) is 0 Å². The van der Waals surface area contributed by atoms with Crippen molar-refractivity contribution in [3.63, 3.8) is 0 Å². The fourth-order valence-electron chi connectivity index (χ4n) is 6.31. The topological polar surface area (TPSA) is 0 Å². The van der Waals surface area contributed by atoms with Crippen molar-refractivity contribution >= 4 is 0 Å². The normalized spacial score (nSPS) is 54.6. The minimum Gasteiger partial charge on any atom is -0.0877 e. The van der Waals surface area contributed by atoms with Gasteiger partial charge >= 0.3 is 0 Å². The molecule has 0 amide bonds. The van der Waals surface area contributed by atoms with Crippen molar-refractivity contribution in [3.8, 4) is 0 Å². The van der Waals surface area contributed by atoms with E-state index in [4.69, 9.17) is 0 Å². The van der Waals surface area contributed by atoms with Gasteiger partial charge in [-0.3, -0.25) is 0 Å². The van der Waals surface area contributed by atoms with E-state index in [0.717, 1.165) is 29.6 Å². The molecule has 0 aromatic heterocycles. The minimum atomic E-state index is 0.586. The summed E-state index contributed by atoms with van der Waals surface area (Å²) in [6.45, 7) is 2.55.